The molecule has 1 N–H and O–H groups in total. The highest BCUT2D eigenvalue weighted by molar-refractivity contribution is 9.10. The second-order valence-electron chi connectivity index (χ2n) is 6.48. The van der Waals surface area contributed by atoms with Gasteiger partial charge in [-0.1, -0.05) is 40.2 Å². The SMILES string of the molecule is CC(=O)N(c1nc(/C=C/C(=O)NC(C)c2cccc(Br)c2)cs1)c1ccccc1F. The number of benzene rings is 2. The summed E-state index contributed by atoms with van der Waals surface area (Å²) in [7, 11) is 0. The summed E-state index contributed by atoms with van der Waals surface area (Å²) in [6.45, 7) is 3.24. The number of nitrogens with zero attached hydrogens (tertiary/aromatic N) is 2. The van der Waals surface area contributed by atoms with Gasteiger partial charge in [0.15, 0.2) is 5.13 Å². The van der Waals surface area contributed by atoms with E-state index in [1.807, 2.05) is 31.2 Å². The first kappa shape index (κ1) is 21.9. The third-order valence-electron chi connectivity index (χ3n) is 4.22. The molecule has 8 heteroatoms. The Hall–Kier alpha value is -2.84. The van der Waals surface area contributed by atoms with Gasteiger partial charge in [0.05, 0.1) is 17.4 Å². The predicted molar refractivity (Wildman–Crippen MR) is 121 cm³/mol. The molecule has 0 radical (unpaired) electrons. The first-order valence-electron chi connectivity index (χ1n) is 9.10. The molecule has 1 atom stereocenters. The average molecular weight is 488 g/mol. The van der Waals surface area contributed by atoms with Gasteiger partial charge in [0.2, 0.25) is 11.8 Å². The number of carbonyl (C=O) groups excluding carboxylic acids is 2. The van der Waals surface area contributed by atoms with Crippen LogP contribution < -0.4 is 10.2 Å². The Labute approximate surface area is 186 Å². The summed E-state index contributed by atoms with van der Waals surface area (Å²) in [5.74, 6) is -1.14. The van der Waals surface area contributed by atoms with E-state index in [0.29, 0.717) is 10.8 Å². The monoisotopic (exact) mass is 487 g/mol. The maximum atomic E-state index is 14.1. The molecule has 0 aliphatic carbocycles. The van der Waals surface area contributed by atoms with Crippen molar-refractivity contribution in [1.82, 2.24) is 10.3 Å². The highest BCUT2D eigenvalue weighted by atomic mass is 79.9. The molecule has 0 aliphatic heterocycles. The molecule has 0 bridgehead atoms. The lowest BCUT2D eigenvalue weighted by Gasteiger charge is -2.18. The number of hydrogen-bond acceptors (Lipinski definition) is 4. The molecular formula is C22H19BrFN3O2S. The number of anilines is 2. The molecule has 0 saturated carbocycles. The number of rotatable bonds is 6. The van der Waals surface area contributed by atoms with Crippen LogP contribution in [0.15, 0.2) is 64.5 Å². The Morgan fingerprint density at radius 2 is 2.00 bits per heavy atom. The van der Waals surface area contributed by atoms with Gasteiger partial charge in [0, 0.05) is 22.9 Å². The van der Waals surface area contributed by atoms with Crippen molar-refractivity contribution in [2.45, 2.75) is 19.9 Å². The minimum Gasteiger partial charge on any atom is -0.346 e. The fourth-order valence-corrected chi connectivity index (χ4v) is 4.04. The largest absolute Gasteiger partial charge is 0.346 e. The topological polar surface area (TPSA) is 62.3 Å². The lowest BCUT2D eigenvalue weighted by molar-refractivity contribution is -0.117. The van der Waals surface area contributed by atoms with Crippen molar-refractivity contribution in [1.29, 1.82) is 0 Å². The zero-order chi connectivity index (χ0) is 21.7. The molecule has 1 unspecified atom stereocenters. The Kier molecular flexibility index (Phi) is 7.12. The van der Waals surface area contributed by atoms with Gasteiger partial charge in [-0.2, -0.15) is 0 Å². The molecule has 154 valence electrons. The van der Waals surface area contributed by atoms with Gasteiger partial charge in [0.1, 0.15) is 5.82 Å². The maximum absolute atomic E-state index is 14.1. The molecule has 3 aromatic rings. The molecule has 1 heterocycles. The number of para-hydroxylation sites is 1. The van der Waals surface area contributed by atoms with Crippen LogP contribution >= 0.6 is 27.3 Å². The van der Waals surface area contributed by atoms with Crippen LogP contribution in [-0.4, -0.2) is 16.8 Å². The minimum atomic E-state index is -0.513. The molecule has 5 nitrogen and oxygen atoms in total. The smallest absolute Gasteiger partial charge is 0.244 e. The molecule has 0 aliphatic rings. The van der Waals surface area contributed by atoms with Crippen molar-refractivity contribution in [3.8, 4) is 0 Å². The van der Waals surface area contributed by atoms with Crippen molar-refractivity contribution in [3.05, 3.63) is 81.5 Å². The van der Waals surface area contributed by atoms with Crippen molar-refractivity contribution in [2.24, 2.45) is 0 Å². The van der Waals surface area contributed by atoms with E-state index in [-0.39, 0.29) is 23.5 Å². The fraction of sp³-hybridized carbons (Fsp3) is 0.136. The average Bonchev–Trinajstić information content (AvgIpc) is 3.16. The summed E-state index contributed by atoms with van der Waals surface area (Å²) in [6, 6.07) is 13.6. The molecule has 2 aromatic carbocycles. The van der Waals surface area contributed by atoms with E-state index in [4.69, 9.17) is 0 Å². The number of thiazole rings is 1. The zero-order valence-corrected chi connectivity index (χ0v) is 18.7. The molecule has 3 rings (SSSR count). The Morgan fingerprint density at radius 3 is 2.70 bits per heavy atom. The lowest BCUT2D eigenvalue weighted by Crippen LogP contribution is -2.24. The first-order valence-corrected chi connectivity index (χ1v) is 10.8. The summed E-state index contributed by atoms with van der Waals surface area (Å²) in [5, 5.41) is 4.92. The van der Waals surface area contributed by atoms with E-state index < -0.39 is 5.82 Å². The van der Waals surface area contributed by atoms with Gasteiger partial charge >= 0.3 is 0 Å². The van der Waals surface area contributed by atoms with Crippen molar-refractivity contribution in [3.63, 3.8) is 0 Å². The quantitative estimate of drug-likeness (QED) is 0.459. The van der Waals surface area contributed by atoms with Gasteiger partial charge in [-0.3, -0.25) is 14.5 Å². The minimum absolute atomic E-state index is 0.135. The summed E-state index contributed by atoms with van der Waals surface area (Å²) >= 11 is 4.61. The highest BCUT2D eigenvalue weighted by Gasteiger charge is 2.20. The first-order chi connectivity index (χ1) is 14.3. The van der Waals surface area contributed by atoms with Gasteiger partial charge < -0.3 is 5.32 Å². The van der Waals surface area contributed by atoms with E-state index in [9.17, 15) is 14.0 Å². The highest BCUT2D eigenvalue weighted by Crippen LogP contribution is 2.31. The number of carbonyl (C=O) groups is 2. The van der Waals surface area contributed by atoms with Crippen LogP contribution in [0, 0.1) is 5.82 Å². The number of hydrogen-bond donors (Lipinski definition) is 1. The third kappa shape index (κ3) is 5.40. The molecule has 0 fully saturated rings. The van der Waals surface area contributed by atoms with Crippen LogP contribution in [0.3, 0.4) is 0 Å². The van der Waals surface area contributed by atoms with Crippen LogP contribution in [-0.2, 0) is 9.59 Å². The number of aromatic nitrogens is 1. The summed E-state index contributed by atoms with van der Waals surface area (Å²) in [6.07, 6.45) is 2.94. The lowest BCUT2D eigenvalue weighted by atomic mass is 10.1. The molecule has 2 amide bonds. The summed E-state index contributed by atoms with van der Waals surface area (Å²) in [5.41, 5.74) is 1.61. The van der Waals surface area contributed by atoms with Crippen LogP contribution in [0.25, 0.3) is 6.08 Å². The van der Waals surface area contributed by atoms with E-state index in [1.165, 1.54) is 41.4 Å². The van der Waals surface area contributed by atoms with Crippen LogP contribution in [0.4, 0.5) is 15.2 Å². The Morgan fingerprint density at radius 1 is 1.23 bits per heavy atom. The molecule has 1 aromatic heterocycles. The maximum Gasteiger partial charge on any atom is 0.244 e. The third-order valence-corrected chi connectivity index (χ3v) is 5.56. The Balaban J connectivity index is 1.71. The second kappa shape index (κ2) is 9.77. The van der Waals surface area contributed by atoms with Crippen molar-refractivity contribution < 1.29 is 14.0 Å². The van der Waals surface area contributed by atoms with E-state index in [1.54, 1.807) is 23.6 Å². The van der Waals surface area contributed by atoms with Gasteiger partial charge in [-0.05, 0) is 42.8 Å². The second-order valence-corrected chi connectivity index (χ2v) is 8.23. The van der Waals surface area contributed by atoms with E-state index in [2.05, 4.69) is 26.2 Å². The van der Waals surface area contributed by atoms with Crippen molar-refractivity contribution >= 4 is 56.0 Å². The van der Waals surface area contributed by atoms with E-state index in [0.717, 1.165) is 10.0 Å². The molecule has 30 heavy (non-hydrogen) atoms. The summed E-state index contributed by atoms with van der Waals surface area (Å²) in [4.78, 5) is 29.9. The zero-order valence-electron chi connectivity index (χ0n) is 16.3. The fourth-order valence-electron chi connectivity index (χ4n) is 2.78. The number of halogens is 2. The van der Waals surface area contributed by atoms with E-state index >= 15 is 0 Å². The van der Waals surface area contributed by atoms with Gasteiger partial charge in [-0.25, -0.2) is 9.37 Å². The predicted octanol–water partition coefficient (Wildman–Crippen LogP) is 5.62. The molecule has 0 spiro atoms. The molecular weight excluding hydrogens is 469 g/mol. The van der Waals surface area contributed by atoms with Gasteiger partial charge in [0.25, 0.3) is 0 Å². The van der Waals surface area contributed by atoms with Crippen LogP contribution in [0.5, 0.6) is 0 Å². The number of amides is 2. The van der Waals surface area contributed by atoms with Crippen LogP contribution in [0.1, 0.15) is 31.1 Å². The Bertz CT molecular complexity index is 1100. The molecule has 0 saturated heterocycles. The normalized spacial score (nSPS) is 12.0. The summed E-state index contributed by atoms with van der Waals surface area (Å²) < 4.78 is 15.1. The van der Waals surface area contributed by atoms with Crippen LogP contribution in [0.2, 0.25) is 0 Å². The van der Waals surface area contributed by atoms with Crippen molar-refractivity contribution in [2.75, 3.05) is 4.90 Å². The number of nitrogens with one attached hydrogen (secondary N) is 1. The van der Waals surface area contributed by atoms with Gasteiger partial charge in [-0.15, -0.1) is 11.3 Å². The standard InChI is InChI=1S/C22H19BrFN3O2S/c1-14(16-6-5-7-17(23)12-16)25-21(29)11-10-18-13-30-22(26-18)27(15(2)28)20-9-4-3-8-19(20)24/h3-14H,1-2H3,(H,25,29)/b11-10+.